The number of likely N-dealkylation sites (N-methyl/N-ethyl adjacent to an activating group) is 1. The Kier molecular flexibility index (Phi) is 2.10. The Morgan fingerprint density at radius 3 is 2.62 bits per heavy atom. The van der Waals surface area contributed by atoms with Gasteiger partial charge >= 0.3 is 0 Å². The van der Waals surface area contributed by atoms with E-state index >= 15 is 0 Å². The van der Waals surface area contributed by atoms with Gasteiger partial charge < -0.3 is 20.1 Å². The summed E-state index contributed by atoms with van der Waals surface area (Å²) in [6, 6.07) is 1.77. The Morgan fingerprint density at radius 1 is 1.38 bits per heavy atom. The van der Waals surface area contributed by atoms with Gasteiger partial charge in [-0.25, -0.2) is 0 Å². The lowest BCUT2D eigenvalue weighted by Crippen LogP contribution is -2.44. The minimum absolute atomic E-state index is 0.453. The minimum Gasteiger partial charge on any atom is -0.381 e. The fraction of sp³-hybridized carbons (Fsp3) is 0.625. The Morgan fingerprint density at radius 2 is 2.08 bits per heavy atom. The SMILES string of the molecule is CN1CCN(c2cc(N)no2)CC1. The predicted molar refractivity (Wildman–Crippen MR) is 50.6 cm³/mol. The van der Waals surface area contributed by atoms with E-state index in [4.69, 9.17) is 10.3 Å². The lowest BCUT2D eigenvalue weighted by Gasteiger charge is -2.31. The number of hydrogen-bond donors (Lipinski definition) is 1. The van der Waals surface area contributed by atoms with Crippen molar-refractivity contribution in [3.63, 3.8) is 0 Å². The zero-order chi connectivity index (χ0) is 9.26. The minimum atomic E-state index is 0.453. The molecule has 0 spiro atoms. The third-order valence-electron chi connectivity index (χ3n) is 2.33. The predicted octanol–water partition coefficient (Wildman–Crippen LogP) is 0.00860. The summed E-state index contributed by atoms with van der Waals surface area (Å²) in [6.07, 6.45) is 0. The maximum atomic E-state index is 5.47. The first-order chi connectivity index (χ1) is 6.25. The second-order valence-corrected chi connectivity index (χ2v) is 3.38. The van der Waals surface area contributed by atoms with Crippen molar-refractivity contribution in [3.05, 3.63) is 6.07 Å². The highest BCUT2D eigenvalue weighted by Gasteiger charge is 2.17. The molecule has 1 aromatic heterocycles. The molecule has 0 radical (unpaired) electrons. The lowest BCUT2D eigenvalue weighted by atomic mass is 10.3. The van der Waals surface area contributed by atoms with Crippen LogP contribution in [-0.4, -0.2) is 43.3 Å². The molecule has 2 rings (SSSR count). The molecule has 2 heterocycles. The maximum Gasteiger partial charge on any atom is 0.229 e. The summed E-state index contributed by atoms with van der Waals surface area (Å²) in [7, 11) is 2.12. The number of nitrogens with two attached hydrogens (primary N) is 1. The molecule has 5 nitrogen and oxygen atoms in total. The van der Waals surface area contributed by atoms with E-state index in [1.807, 2.05) is 0 Å². The number of hydrogen-bond acceptors (Lipinski definition) is 5. The first kappa shape index (κ1) is 8.37. The van der Waals surface area contributed by atoms with E-state index in [2.05, 4.69) is 22.0 Å². The zero-order valence-electron chi connectivity index (χ0n) is 7.73. The quantitative estimate of drug-likeness (QED) is 0.663. The molecule has 1 saturated heterocycles. The van der Waals surface area contributed by atoms with Crippen molar-refractivity contribution in [1.29, 1.82) is 0 Å². The van der Waals surface area contributed by atoms with Crippen LogP contribution in [0.1, 0.15) is 0 Å². The monoisotopic (exact) mass is 182 g/mol. The highest BCUT2D eigenvalue weighted by molar-refractivity contribution is 5.44. The molecule has 0 unspecified atom stereocenters. The molecule has 5 heteroatoms. The van der Waals surface area contributed by atoms with Gasteiger partial charge in [0, 0.05) is 32.2 Å². The van der Waals surface area contributed by atoms with Crippen LogP contribution < -0.4 is 10.6 Å². The van der Waals surface area contributed by atoms with Gasteiger partial charge in [0.05, 0.1) is 0 Å². The number of aromatic nitrogens is 1. The smallest absolute Gasteiger partial charge is 0.229 e. The van der Waals surface area contributed by atoms with Crippen LogP contribution in [0.15, 0.2) is 10.6 Å². The van der Waals surface area contributed by atoms with Gasteiger partial charge in [-0.15, -0.1) is 0 Å². The average Bonchev–Trinajstić information content (AvgIpc) is 2.53. The molecule has 0 atom stereocenters. The first-order valence-corrected chi connectivity index (χ1v) is 4.41. The van der Waals surface area contributed by atoms with Crippen LogP contribution in [0.2, 0.25) is 0 Å². The Balaban J connectivity index is 2.02. The molecule has 1 aliphatic heterocycles. The van der Waals surface area contributed by atoms with Crippen molar-refractivity contribution in [2.45, 2.75) is 0 Å². The number of rotatable bonds is 1. The van der Waals surface area contributed by atoms with Gasteiger partial charge in [-0.1, -0.05) is 5.16 Å². The molecule has 0 saturated carbocycles. The second kappa shape index (κ2) is 3.26. The zero-order valence-corrected chi connectivity index (χ0v) is 7.73. The summed E-state index contributed by atoms with van der Waals surface area (Å²) < 4.78 is 5.07. The van der Waals surface area contributed by atoms with Crippen molar-refractivity contribution in [2.24, 2.45) is 0 Å². The fourth-order valence-electron chi connectivity index (χ4n) is 1.45. The van der Waals surface area contributed by atoms with Gasteiger partial charge in [0.15, 0.2) is 5.82 Å². The number of nitrogen functional groups attached to an aromatic ring is 1. The molecule has 13 heavy (non-hydrogen) atoms. The van der Waals surface area contributed by atoms with Gasteiger partial charge in [0.2, 0.25) is 5.88 Å². The molecule has 72 valence electrons. The summed E-state index contributed by atoms with van der Waals surface area (Å²) >= 11 is 0. The molecule has 0 amide bonds. The molecular formula is C8H14N4O. The van der Waals surface area contributed by atoms with Crippen molar-refractivity contribution in [1.82, 2.24) is 10.1 Å². The van der Waals surface area contributed by atoms with Crippen LogP contribution in [-0.2, 0) is 0 Å². The molecule has 1 fully saturated rings. The normalized spacial score (nSPS) is 19.3. The van der Waals surface area contributed by atoms with Crippen LogP contribution in [0, 0.1) is 0 Å². The summed E-state index contributed by atoms with van der Waals surface area (Å²) in [4.78, 5) is 4.44. The van der Waals surface area contributed by atoms with Gasteiger partial charge in [-0.05, 0) is 7.05 Å². The van der Waals surface area contributed by atoms with Gasteiger partial charge in [0.25, 0.3) is 0 Å². The van der Waals surface area contributed by atoms with Gasteiger partial charge in [-0.3, -0.25) is 0 Å². The molecule has 0 bridgehead atoms. The molecule has 0 aliphatic carbocycles. The highest BCUT2D eigenvalue weighted by Crippen LogP contribution is 2.17. The standard InChI is InChI=1S/C8H14N4O/c1-11-2-4-12(5-3-11)8-6-7(9)10-13-8/h6H,2-5H2,1H3,(H2,9,10). The molecule has 2 N–H and O–H groups in total. The van der Waals surface area contributed by atoms with Crippen LogP contribution in [0.25, 0.3) is 0 Å². The number of nitrogens with zero attached hydrogens (tertiary/aromatic N) is 3. The number of piperazine rings is 1. The van der Waals surface area contributed by atoms with Gasteiger partial charge in [-0.2, -0.15) is 0 Å². The summed E-state index contributed by atoms with van der Waals surface area (Å²) in [5.74, 6) is 1.24. The van der Waals surface area contributed by atoms with E-state index in [1.165, 1.54) is 0 Å². The van der Waals surface area contributed by atoms with Crippen LogP contribution in [0.3, 0.4) is 0 Å². The summed E-state index contributed by atoms with van der Waals surface area (Å²) in [5.41, 5.74) is 5.47. The van der Waals surface area contributed by atoms with Crippen LogP contribution >= 0.6 is 0 Å². The highest BCUT2D eigenvalue weighted by atomic mass is 16.5. The summed E-state index contributed by atoms with van der Waals surface area (Å²) in [6.45, 7) is 4.07. The molecule has 1 aromatic rings. The second-order valence-electron chi connectivity index (χ2n) is 3.38. The molecule has 1 aliphatic rings. The Bertz CT molecular complexity index is 277. The van der Waals surface area contributed by atoms with Crippen LogP contribution in [0.5, 0.6) is 0 Å². The van der Waals surface area contributed by atoms with Crippen LogP contribution in [0.4, 0.5) is 11.7 Å². The third-order valence-corrected chi connectivity index (χ3v) is 2.33. The van der Waals surface area contributed by atoms with E-state index in [0.29, 0.717) is 5.82 Å². The lowest BCUT2D eigenvalue weighted by molar-refractivity contribution is 0.300. The first-order valence-electron chi connectivity index (χ1n) is 4.41. The van der Waals surface area contributed by atoms with E-state index in [1.54, 1.807) is 6.07 Å². The molecule has 0 aromatic carbocycles. The maximum absolute atomic E-state index is 5.47. The fourth-order valence-corrected chi connectivity index (χ4v) is 1.45. The third kappa shape index (κ3) is 1.75. The van der Waals surface area contributed by atoms with Crippen molar-refractivity contribution in [2.75, 3.05) is 43.9 Å². The van der Waals surface area contributed by atoms with Crippen molar-refractivity contribution in [3.8, 4) is 0 Å². The topological polar surface area (TPSA) is 58.5 Å². The molecular weight excluding hydrogens is 168 g/mol. The van der Waals surface area contributed by atoms with Crippen molar-refractivity contribution < 1.29 is 4.52 Å². The van der Waals surface area contributed by atoms with E-state index in [9.17, 15) is 0 Å². The summed E-state index contributed by atoms with van der Waals surface area (Å²) in [5, 5.41) is 3.66. The van der Waals surface area contributed by atoms with E-state index in [-0.39, 0.29) is 0 Å². The Labute approximate surface area is 77.1 Å². The van der Waals surface area contributed by atoms with E-state index < -0.39 is 0 Å². The van der Waals surface area contributed by atoms with E-state index in [0.717, 1.165) is 32.1 Å². The largest absolute Gasteiger partial charge is 0.381 e. The number of anilines is 2. The van der Waals surface area contributed by atoms with Gasteiger partial charge in [0.1, 0.15) is 0 Å². The average molecular weight is 182 g/mol. The van der Waals surface area contributed by atoms with Crippen molar-refractivity contribution >= 4 is 11.7 Å². The Hall–Kier alpha value is -1.23.